The van der Waals surface area contributed by atoms with E-state index in [-0.39, 0.29) is 0 Å². The lowest BCUT2D eigenvalue weighted by Crippen LogP contribution is -2.06. The van der Waals surface area contributed by atoms with Crippen LogP contribution in [0.1, 0.15) is 18.4 Å². The predicted octanol–water partition coefficient (Wildman–Crippen LogP) is 2.88. The summed E-state index contributed by atoms with van der Waals surface area (Å²) in [5.41, 5.74) is 0.752. The second-order valence-corrected chi connectivity index (χ2v) is 3.92. The van der Waals surface area contributed by atoms with Crippen LogP contribution in [-0.2, 0) is 4.79 Å². The molecule has 0 spiro atoms. The van der Waals surface area contributed by atoms with Gasteiger partial charge in [0.15, 0.2) is 5.75 Å². The van der Waals surface area contributed by atoms with Crippen molar-refractivity contribution in [1.29, 1.82) is 0 Å². The van der Waals surface area contributed by atoms with Gasteiger partial charge >= 0.3 is 5.97 Å². The van der Waals surface area contributed by atoms with Gasteiger partial charge in [-0.3, -0.25) is 4.79 Å². The predicted molar refractivity (Wildman–Crippen MR) is 63.3 cm³/mol. The molecule has 1 atom stereocenters. The molecule has 2 aromatic carbocycles. The van der Waals surface area contributed by atoms with E-state index in [0.29, 0.717) is 5.75 Å². The fraction of sp³-hybridized carbons (Fsp3) is 0.154. The number of carboxylic acids is 1. The van der Waals surface area contributed by atoms with Crippen molar-refractivity contribution in [3.8, 4) is 5.75 Å². The highest BCUT2D eigenvalue weighted by Crippen LogP contribution is 2.25. The molecule has 4 nitrogen and oxygen atoms in total. The van der Waals surface area contributed by atoms with Gasteiger partial charge in [0.05, 0.1) is 5.92 Å². The first-order valence-corrected chi connectivity index (χ1v) is 5.20. The summed E-state index contributed by atoms with van der Waals surface area (Å²) in [5.74, 6) is -1.02. The smallest absolute Gasteiger partial charge is 0.310 e. The first-order valence-electron chi connectivity index (χ1n) is 5.20. The second kappa shape index (κ2) is 4.43. The topological polar surface area (TPSA) is 66.8 Å². The summed E-state index contributed by atoms with van der Waals surface area (Å²) >= 11 is 0. The van der Waals surface area contributed by atoms with Crippen LogP contribution in [0, 0.1) is 0 Å². The lowest BCUT2D eigenvalue weighted by molar-refractivity contribution is -0.138. The average Bonchev–Trinajstić information content (AvgIpc) is 2.36. The number of hydrogen-bond donors (Lipinski definition) is 2. The van der Waals surface area contributed by atoms with Crippen molar-refractivity contribution in [1.82, 2.24) is 0 Å². The van der Waals surface area contributed by atoms with Crippen LogP contribution in [-0.4, -0.2) is 16.3 Å². The van der Waals surface area contributed by atoms with E-state index < -0.39 is 11.9 Å². The number of benzene rings is 2. The molecule has 0 bridgehead atoms. The Morgan fingerprint density at radius 1 is 1.18 bits per heavy atom. The maximum atomic E-state index is 10.9. The molecule has 2 aromatic rings. The summed E-state index contributed by atoms with van der Waals surface area (Å²) in [4.78, 5) is 15.0. The van der Waals surface area contributed by atoms with Crippen LogP contribution in [0.25, 0.3) is 10.8 Å². The molecule has 2 rings (SSSR count). The molecule has 1 unspecified atom stereocenters. The molecule has 0 aliphatic heterocycles. The van der Waals surface area contributed by atoms with Crippen molar-refractivity contribution in [2.24, 2.45) is 0 Å². The molecular weight excluding hydrogens is 220 g/mol. The summed E-state index contributed by atoms with van der Waals surface area (Å²) < 4.78 is 0. The number of fused-ring (bicyclic) bond motifs is 1. The molecule has 0 fully saturated rings. The molecule has 0 saturated carbocycles. The quantitative estimate of drug-likeness (QED) is 0.630. The molecule has 0 aliphatic rings. The van der Waals surface area contributed by atoms with Crippen LogP contribution in [0.4, 0.5) is 0 Å². The highest BCUT2D eigenvalue weighted by atomic mass is 17.1. The van der Waals surface area contributed by atoms with E-state index in [1.165, 1.54) is 0 Å². The molecule has 4 heteroatoms. The Hall–Kier alpha value is -2.07. The van der Waals surface area contributed by atoms with Crippen LogP contribution in [0.5, 0.6) is 5.75 Å². The molecule has 0 aliphatic carbocycles. The molecule has 0 heterocycles. The Bertz CT molecular complexity index is 562. The number of carboxylic acid groups (broad SMARTS) is 1. The molecular formula is C13H12O4. The van der Waals surface area contributed by atoms with Crippen molar-refractivity contribution < 1.29 is 20.0 Å². The lowest BCUT2D eigenvalue weighted by Gasteiger charge is -2.08. The summed E-state index contributed by atoms with van der Waals surface area (Å²) in [5, 5.41) is 19.3. The SMILES string of the molecule is CC(C(=O)O)c1ccc2cc(OO)ccc2c1. The van der Waals surface area contributed by atoms with E-state index in [9.17, 15) is 4.79 Å². The van der Waals surface area contributed by atoms with Gasteiger partial charge < -0.3 is 9.99 Å². The lowest BCUT2D eigenvalue weighted by atomic mass is 9.98. The number of carbonyl (C=O) groups is 1. The molecule has 0 aromatic heterocycles. The van der Waals surface area contributed by atoms with Gasteiger partial charge in [0.25, 0.3) is 0 Å². The van der Waals surface area contributed by atoms with Crippen LogP contribution in [0.2, 0.25) is 0 Å². The summed E-state index contributed by atoms with van der Waals surface area (Å²) in [6.45, 7) is 1.65. The zero-order valence-electron chi connectivity index (χ0n) is 9.25. The van der Waals surface area contributed by atoms with Crippen molar-refractivity contribution >= 4 is 16.7 Å². The molecule has 0 radical (unpaired) electrons. The van der Waals surface area contributed by atoms with E-state index >= 15 is 0 Å². The third-order valence-electron chi connectivity index (χ3n) is 2.81. The standard InChI is InChI=1S/C13H12O4/c1-8(13(14)15)9-2-3-11-7-12(17-16)5-4-10(11)6-9/h2-8,16H,1H3,(H,14,15). The first kappa shape index (κ1) is 11.4. The second-order valence-electron chi connectivity index (χ2n) is 3.92. The minimum absolute atomic E-state index is 0.358. The van der Waals surface area contributed by atoms with Gasteiger partial charge in [0.1, 0.15) is 0 Å². The van der Waals surface area contributed by atoms with Gasteiger partial charge in [-0.15, -0.1) is 0 Å². The van der Waals surface area contributed by atoms with Crippen LogP contribution in [0.15, 0.2) is 36.4 Å². The van der Waals surface area contributed by atoms with Crippen molar-refractivity contribution in [3.05, 3.63) is 42.0 Å². The van der Waals surface area contributed by atoms with E-state index in [4.69, 9.17) is 10.4 Å². The zero-order chi connectivity index (χ0) is 12.4. The maximum Gasteiger partial charge on any atom is 0.310 e. The Morgan fingerprint density at radius 2 is 1.82 bits per heavy atom. The average molecular weight is 232 g/mol. The van der Waals surface area contributed by atoms with Gasteiger partial charge in [-0.05, 0) is 35.4 Å². The van der Waals surface area contributed by atoms with E-state index in [1.807, 2.05) is 12.1 Å². The van der Waals surface area contributed by atoms with Gasteiger partial charge in [-0.25, -0.2) is 5.26 Å². The third kappa shape index (κ3) is 2.21. The Kier molecular flexibility index (Phi) is 2.97. The normalized spacial score (nSPS) is 12.4. The van der Waals surface area contributed by atoms with Crippen molar-refractivity contribution in [2.75, 3.05) is 0 Å². The van der Waals surface area contributed by atoms with Crippen LogP contribution < -0.4 is 4.89 Å². The van der Waals surface area contributed by atoms with E-state index in [0.717, 1.165) is 16.3 Å². The van der Waals surface area contributed by atoms with E-state index in [1.54, 1.807) is 31.2 Å². The van der Waals surface area contributed by atoms with Crippen molar-refractivity contribution in [3.63, 3.8) is 0 Å². The highest BCUT2D eigenvalue weighted by Gasteiger charge is 2.13. The van der Waals surface area contributed by atoms with Gasteiger partial charge in [-0.1, -0.05) is 24.3 Å². The molecule has 0 saturated heterocycles. The third-order valence-corrected chi connectivity index (χ3v) is 2.81. The van der Waals surface area contributed by atoms with Gasteiger partial charge in [0.2, 0.25) is 0 Å². The minimum Gasteiger partial charge on any atom is -0.481 e. The monoisotopic (exact) mass is 232 g/mol. The highest BCUT2D eigenvalue weighted by molar-refractivity contribution is 5.86. The van der Waals surface area contributed by atoms with Gasteiger partial charge in [0, 0.05) is 0 Å². The maximum absolute atomic E-state index is 10.9. The van der Waals surface area contributed by atoms with E-state index in [2.05, 4.69) is 4.89 Å². The Morgan fingerprint density at radius 3 is 2.47 bits per heavy atom. The Balaban J connectivity index is 2.48. The zero-order valence-corrected chi connectivity index (χ0v) is 9.25. The first-order chi connectivity index (χ1) is 8.11. The fourth-order valence-electron chi connectivity index (χ4n) is 1.71. The Labute approximate surface area is 98.0 Å². The summed E-state index contributed by atoms with van der Waals surface area (Å²) in [7, 11) is 0. The summed E-state index contributed by atoms with van der Waals surface area (Å²) in [6, 6.07) is 10.5. The van der Waals surface area contributed by atoms with Crippen LogP contribution >= 0.6 is 0 Å². The molecule has 88 valence electrons. The summed E-state index contributed by atoms with van der Waals surface area (Å²) in [6.07, 6.45) is 0. The fourth-order valence-corrected chi connectivity index (χ4v) is 1.71. The largest absolute Gasteiger partial charge is 0.481 e. The number of hydrogen-bond acceptors (Lipinski definition) is 3. The molecule has 0 amide bonds. The van der Waals surface area contributed by atoms with Crippen LogP contribution in [0.3, 0.4) is 0 Å². The molecule has 17 heavy (non-hydrogen) atoms. The van der Waals surface area contributed by atoms with Crippen molar-refractivity contribution in [2.45, 2.75) is 12.8 Å². The number of rotatable bonds is 3. The molecule has 2 N–H and O–H groups in total. The number of aliphatic carboxylic acids is 1. The minimum atomic E-state index is -0.848. The van der Waals surface area contributed by atoms with Gasteiger partial charge in [-0.2, -0.15) is 0 Å².